The molecule has 0 aromatic heterocycles. The zero-order valence-corrected chi connectivity index (χ0v) is 11.3. The molecule has 1 aromatic rings. The molecule has 0 heterocycles. The van der Waals surface area contributed by atoms with E-state index in [1.807, 2.05) is 6.92 Å². The molecular formula is C15H22FNO. The number of hydrogen-bond donors (Lipinski definition) is 2. The Morgan fingerprint density at radius 2 is 2.17 bits per heavy atom. The standard InChI is InChI=1S/C15H22FNO/c1-10(12-7-6-11(18)9-13(12)16)17-14-5-4-8-15(14,2)3/h6-7,9-10,14,17-18H,4-5,8H2,1-3H3. The van der Waals surface area contributed by atoms with Crippen molar-refractivity contribution in [2.75, 3.05) is 0 Å². The van der Waals surface area contributed by atoms with E-state index in [2.05, 4.69) is 19.2 Å². The Morgan fingerprint density at radius 1 is 1.44 bits per heavy atom. The number of aromatic hydroxyl groups is 1. The van der Waals surface area contributed by atoms with Crippen molar-refractivity contribution in [2.45, 2.75) is 52.1 Å². The summed E-state index contributed by atoms with van der Waals surface area (Å²) < 4.78 is 13.8. The molecule has 2 rings (SSSR count). The lowest BCUT2D eigenvalue weighted by Crippen LogP contribution is -2.39. The molecular weight excluding hydrogens is 229 g/mol. The molecule has 1 fully saturated rings. The van der Waals surface area contributed by atoms with Gasteiger partial charge in [0.25, 0.3) is 0 Å². The van der Waals surface area contributed by atoms with Crippen LogP contribution in [0.1, 0.15) is 51.6 Å². The van der Waals surface area contributed by atoms with E-state index in [-0.39, 0.29) is 23.0 Å². The van der Waals surface area contributed by atoms with E-state index in [0.29, 0.717) is 11.6 Å². The Kier molecular flexibility index (Phi) is 3.62. The van der Waals surface area contributed by atoms with Crippen molar-refractivity contribution in [1.29, 1.82) is 0 Å². The largest absolute Gasteiger partial charge is 0.508 e. The molecule has 0 spiro atoms. The molecule has 3 heteroatoms. The van der Waals surface area contributed by atoms with E-state index < -0.39 is 0 Å². The Labute approximate surface area is 108 Å². The van der Waals surface area contributed by atoms with Crippen molar-refractivity contribution in [3.8, 4) is 5.75 Å². The van der Waals surface area contributed by atoms with Gasteiger partial charge >= 0.3 is 0 Å². The number of halogens is 1. The Balaban J connectivity index is 2.10. The molecule has 0 bridgehead atoms. The molecule has 1 aliphatic carbocycles. The maximum absolute atomic E-state index is 13.8. The van der Waals surface area contributed by atoms with Crippen LogP contribution in [0.3, 0.4) is 0 Å². The normalized spacial score (nSPS) is 24.1. The topological polar surface area (TPSA) is 32.3 Å². The molecule has 100 valence electrons. The highest BCUT2D eigenvalue weighted by atomic mass is 19.1. The first-order chi connectivity index (χ1) is 8.40. The van der Waals surface area contributed by atoms with Gasteiger partial charge in [-0.2, -0.15) is 0 Å². The molecule has 0 radical (unpaired) electrons. The second-order valence-electron chi connectivity index (χ2n) is 6.03. The van der Waals surface area contributed by atoms with Gasteiger partial charge in [0, 0.05) is 23.7 Å². The van der Waals surface area contributed by atoms with Crippen molar-refractivity contribution in [2.24, 2.45) is 5.41 Å². The van der Waals surface area contributed by atoms with Gasteiger partial charge in [0.1, 0.15) is 11.6 Å². The van der Waals surface area contributed by atoms with Gasteiger partial charge in [-0.25, -0.2) is 4.39 Å². The number of benzene rings is 1. The van der Waals surface area contributed by atoms with Crippen LogP contribution in [0.15, 0.2) is 18.2 Å². The van der Waals surface area contributed by atoms with Crippen LogP contribution in [0.25, 0.3) is 0 Å². The van der Waals surface area contributed by atoms with Gasteiger partial charge in [0.15, 0.2) is 0 Å². The summed E-state index contributed by atoms with van der Waals surface area (Å²) in [6, 6.07) is 4.77. The molecule has 1 saturated carbocycles. The van der Waals surface area contributed by atoms with Crippen LogP contribution < -0.4 is 5.32 Å². The average molecular weight is 251 g/mol. The van der Waals surface area contributed by atoms with Crippen molar-refractivity contribution < 1.29 is 9.50 Å². The zero-order valence-electron chi connectivity index (χ0n) is 11.3. The predicted molar refractivity (Wildman–Crippen MR) is 71.0 cm³/mol. The maximum Gasteiger partial charge on any atom is 0.131 e. The van der Waals surface area contributed by atoms with Crippen molar-refractivity contribution in [1.82, 2.24) is 5.32 Å². The van der Waals surface area contributed by atoms with Gasteiger partial charge in [0.05, 0.1) is 0 Å². The third-order valence-electron chi connectivity index (χ3n) is 4.16. The highest BCUT2D eigenvalue weighted by Crippen LogP contribution is 2.38. The van der Waals surface area contributed by atoms with Crippen LogP contribution in [0, 0.1) is 11.2 Å². The quantitative estimate of drug-likeness (QED) is 0.857. The van der Waals surface area contributed by atoms with E-state index in [1.165, 1.54) is 25.0 Å². The van der Waals surface area contributed by atoms with Crippen LogP contribution in [0.2, 0.25) is 0 Å². The van der Waals surface area contributed by atoms with Gasteiger partial charge in [-0.05, 0) is 31.2 Å². The Bertz CT molecular complexity index is 431. The average Bonchev–Trinajstić information content (AvgIpc) is 2.58. The second kappa shape index (κ2) is 4.88. The fourth-order valence-electron chi connectivity index (χ4n) is 2.89. The van der Waals surface area contributed by atoms with Gasteiger partial charge in [-0.1, -0.05) is 26.3 Å². The van der Waals surface area contributed by atoms with Gasteiger partial charge in [0.2, 0.25) is 0 Å². The van der Waals surface area contributed by atoms with Gasteiger partial charge < -0.3 is 10.4 Å². The first-order valence-electron chi connectivity index (χ1n) is 6.64. The fraction of sp³-hybridized carbons (Fsp3) is 0.600. The summed E-state index contributed by atoms with van der Waals surface area (Å²) >= 11 is 0. The summed E-state index contributed by atoms with van der Waals surface area (Å²) in [6.07, 6.45) is 3.60. The molecule has 2 nitrogen and oxygen atoms in total. The second-order valence-corrected chi connectivity index (χ2v) is 6.03. The minimum Gasteiger partial charge on any atom is -0.508 e. The Morgan fingerprint density at radius 3 is 2.72 bits per heavy atom. The summed E-state index contributed by atoms with van der Waals surface area (Å²) in [4.78, 5) is 0. The minimum absolute atomic E-state index is 0.0235. The Hall–Kier alpha value is -1.09. The van der Waals surface area contributed by atoms with Crippen molar-refractivity contribution in [3.63, 3.8) is 0 Å². The number of phenols is 1. The molecule has 0 amide bonds. The summed E-state index contributed by atoms with van der Waals surface area (Å²) in [5, 5.41) is 12.8. The predicted octanol–water partition coefficient (Wildman–Crippen LogP) is 3.76. The lowest BCUT2D eigenvalue weighted by atomic mass is 9.86. The fourth-order valence-corrected chi connectivity index (χ4v) is 2.89. The van der Waals surface area contributed by atoms with Crippen LogP contribution in [-0.4, -0.2) is 11.1 Å². The maximum atomic E-state index is 13.8. The summed E-state index contributed by atoms with van der Waals surface area (Å²) in [6.45, 7) is 6.50. The van der Waals surface area contributed by atoms with E-state index >= 15 is 0 Å². The first kappa shape index (κ1) is 13.3. The monoisotopic (exact) mass is 251 g/mol. The van der Waals surface area contributed by atoms with Crippen molar-refractivity contribution in [3.05, 3.63) is 29.6 Å². The van der Waals surface area contributed by atoms with Crippen LogP contribution in [0.4, 0.5) is 4.39 Å². The summed E-state index contributed by atoms with van der Waals surface area (Å²) in [7, 11) is 0. The summed E-state index contributed by atoms with van der Waals surface area (Å²) in [5.41, 5.74) is 0.900. The van der Waals surface area contributed by atoms with Crippen LogP contribution >= 0.6 is 0 Å². The van der Waals surface area contributed by atoms with E-state index in [0.717, 1.165) is 6.42 Å². The lowest BCUT2D eigenvalue weighted by Gasteiger charge is -2.31. The number of rotatable bonds is 3. The molecule has 1 aliphatic rings. The number of phenolic OH excluding ortho intramolecular Hbond substituents is 1. The van der Waals surface area contributed by atoms with Gasteiger partial charge in [-0.15, -0.1) is 0 Å². The molecule has 1 aromatic carbocycles. The van der Waals surface area contributed by atoms with E-state index in [9.17, 15) is 9.50 Å². The highest BCUT2D eigenvalue weighted by molar-refractivity contribution is 5.29. The van der Waals surface area contributed by atoms with Crippen LogP contribution in [0.5, 0.6) is 5.75 Å². The number of hydrogen-bond acceptors (Lipinski definition) is 2. The van der Waals surface area contributed by atoms with Crippen LogP contribution in [-0.2, 0) is 0 Å². The third kappa shape index (κ3) is 2.66. The molecule has 0 saturated heterocycles. The highest BCUT2D eigenvalue weighted by Gasteiger charge is 2.35. The summed E-state index contributed by atoms with van der Waals surface area (Å²) in [5.74, 6) is -0.365. The molecule has 0 aliphatic heterocycles. The first-order valence-corrected chi connectivity index (χ1v) is 6.64. The smallest absolute Gasteiger partial charge is 0.131 e. The molecule has 2 N–H and O–H groups in total. The third-order valence-corrected chi connectivity index (χ3v) is 4.16. The van der Waals surface area contributed by atoms with E-state index in [4.69, 9.17) is 0 Å². The minimum atomic E-state index is -0.342. The van der Waals surface area contributed by atoms with E-state index in [1.54, 1.807) is 6.07 Å². The molecule has 2 unspecified atom stereocenters. The molecule has 18 heavy (non-hydrogen) atoms. The van der Waals surface area contributed by atoms with Gasteiger partial charge in [-0.3, -0.25) is 0 Å². The zero-order chi connectivity index (χ0) is 13.3. The lowest BCUT2D eigenvalue weighted by molar-refractivity contribution is 0.265. The SMILES string of the molecule is CC(NC1CCCC1(C)C)c1ccc(O)cc1F. The molecule has 2 atom stereocenters. The van der Waals surface area contributed by atoms with Crippen molar-refractivity contribution >= 4 is 0 Å². The number of nitrogens with one attached hydrogen (secondary N) is 1.